The minimum atomic E-state index is -0.873. The maximum absolute atomic E-state index is 14.2. The highest BCUT2D eigenvalue weighted by molar-refractivity contribution is 5.99. The molecule has 1 aliphatic heterocycles. The van der Waals surface area contributed by atoms with Crippen LogP contribution in [0.25, 0.3) is 10.8 Å². The summed E-state index contributed by atoms with van der Waals surface area (Å²) in [6.07, 6.45) is 2.21. The zero-order valence-electron chi connectivity index (χ0n) is 12.2. The van der Waals surface area contributed by atoms with Gasteiger partial charge in [-0.2, -0.15) is 5.10 Å². The molecule has 2 amide bonds. The smallest absolute Gasteiger partial charge is 0.278 e. The van der Waals surface area contributed by atoms with Gasteiger partial charge in [-0.25, -0.2) is 9.07 Å². The molecule has 1 aromatic carbocycles. The van der Waals surface area contributed by atoms with Crippen molar-refractivity contribution in [2.75, 3.05) is 0 Å². The zero-order chi connectivity index (χ0) is 16.1. The number of amides is 2. The van der Waals surface area contributed by atoms with E-state index in [2.05, 4.69) is 10.4 Å². The molecule has 0 radical (unpaired) electrons. The Morgan fingerprint density at radius 1 is 1.17 bits per heavy atom. The van der Waals surface area contributed by atoms with Crippen molar-refractivity contribution in [2.24, 2.45) is 0 Å². The van der Waals surface area contributed by atoms with Crippen LogP contribution in [0.2, 0.25) is 0 Å². The van der Waals surface area contributed by atoms with Gasteiger partial charge in [-0.05, 0) is 25.3 Å². The molecule has 1 saturated carbocycles. The number of fused-ring (bicyclic) bond motifs is 1. The Labute approximate surface area is 130 Å². The van der Waals surface area contributed by atoms with Gasteiger partial charge in [-0.15, -0.1) is 0 Å². The predicted octanol–water partition coefficient (Wildman–Crippen LogP) is 1.39. The number of carbonyl (C=O) groups is 2. The van der Waals surface area contributed by atoms with Crippen LogP contribution in [0.3, 0.4) is 0 Å². The van der Waals surface area contributed by atoms with E-state index in [0.717, 1.165) is 17.5 Å². The number of nitrogens with one attached hydrogen (secondary N) is 1. The molecule has 1 unspecified atom stereocenters. The monoisotopic (exact) mass is 315 g/mol. The van der Waals surface area contributed by atoms with E-state index in [4.69, 9.17) is 0 Å². The van der Waals surface area contributed by atoms with Crippen molar-refractivity contribution in [3.05, 3.63) is 40.1 Å². The van der Waals surface area contributed by atoms with E-state index >= 15 is 0 Å². The standard InChI is InChI=1S/C16H14FN3O3/c17-10-3-1-2-9-13(10)16(23)20(19-14(9)8-4-5-8)11-6-7-12(21)18-15(11)22/h1-3,8,11H,4-7H2,(H,18,21,22). The number of aromatic nitrogens is 2. The van der Waals surface area contributed by atoms with Crippen molar-refractivity contribution < 1.29 is 14.0 Å². The number of carbonyl (C=O) groups excluding carboxylic acids is 2. The summed E-state index contributed by atoms with van der Waals surface area (Å²) in [5.74, 6) is -1.35. The molecule has 2 heterocycles. The number of imide groups is 1. The highest BCUT2D eigenvalue weighted by Crippen LogP contribution is 2.41. The second-order valence-corrected chi connectivity index (χ2v) is 6.04. The minimum absolute atomic E-state index is 0.0332. The van der Waals surface area contributed by atoms with Gasteiger partial charge in [-0.1, -0.05) is 12.1 Å². The maximum atomic E-state index is 14.2. The molecule has 1 N–H and O–H groups in total. The van der Waals surface area contributed by atoms with Gasteiger partial charge in [0.2, 0.25) is 5.91 Å². The van der Waals surface area contributed by atoms with Gasteiger partial charge in [-0.3, -0.25) is 19.7 Å². The first-order chi connectivity index (χ1) is 11.1. The van der Waals surface area contributed by atoms with Crippen LogP contribution >= 0.6 is 0 Å². The average Bonchev–Trinajstić information content (AvgIpc) is 3.33. The quantitative estimate of drug-likeness (QED) is 0.849. The molecule has 0 bridgehead atoms. The Balaban J connectivity index is 1.95. The lowest BCUT2D eigenvalue weighted by atomic mass is 10.0. The summed E-state index contributed by atoms with van der Waals surface area (Å²) < 4.78 is 15.3. The summed E-state index contributed by atoms with van der Waals surface area (Å²) in [5, 5.41) is 7.06. The van der Waals surface area contributed by atoms with E-state index < -0.39 is 23.3 Å². The molecule has 1 atom stereocenters. The van der Waals surface area contributed by atoms with Crippen molar-refractivity contribution in [3.63, 3.8) is 0 Å². The highest BCUT2D eigenvalue weighted by Gasteiger charge is 2.34. The molecule has 1 aliphatic carbocycles. The number of benzene rings is 1. The number of halogens is 1. The van der Waals surface area contributed by atoms with Crippen molar-refractivity contribution in [3.8, 4) is 0 Å². The number of piperidine rings is 1. The Morgan fingerprint density at radius 3 is 2.65 bits per heavy atom. The van der Waals surface area contributed by atoms with Crippen LogP contribution in [0.4, 0.5) is 4.39 Å². The van der Waals surface area contributed by atoms with Crippen molar-refractivity contribution in [2.45, 2.75) is 37.6 Å². The van der Waals surface area contributed by atoms with E-state index in [0.29, 0.717) is 11.1 Å². The summed E-state index contributed by atoms with van der Waals surface area (Å²) in [7, 11) is 0. The first-order valence-corrected chi connectivity index (χ1v) is 7.61. The van der Waals surface area contributed by atoms with Crippen LogP contribution in [-0.4, -0.2) is 21.6 Å². The first-order valence-electron chi connectivity index (χ1n) is 7.61. The van der Waals surface area contributed by atoms with Crippen LogP contribution in [0.5, 0.6) is 0 Å². The van der Waals surface area contributed by atoms with Gasteiger partial charge in [0.15, 0.2) is 0 Å². The molecular formula is C16H14FN3O3. The molecule has 118 valence electrons. The maximum Gasteiger partial charge on any atom is 0.278 e. The Morgan fingerprint density at radius 2 is 1.96 bits per heavy atom. The van der Waals surface area contributed by atoms with Crippen LogP contribution in [0, 0.1) is 5.82 Å². The Kier molecular flexibility index (Phi) is 3.04. The van der Waals surface area contributed by atoms with Gasteiger partial charge in [0, 0.05) is 17.7 Å². The lowest BCUT2D eigenvalue weighted by Gasteiger charge is -2.23. The lowest BCUT2D eigenvalue weighted by molar-refractivity contribution is -0.136. The van der Waals surface area contributed by atoms with Crippen LogP contribution in [-0.2, 0) is 9.59 Å². The van der Waals surface area contributed by atoms with Crippen LogP contribution in [0.15, 0.2) is 23.0 Å². The van der Waals surface area contributed by atoms with E-state index in [1.54, 1.807) is 12.1 Å². The summed E-state index contributed by atoms with van der Waals surface area (Å²) in [4.78, 5) is 36.0. The SMILES string of the molecule is O=C1CCC(n2nc(C3CC3)c3cccc(F)c3c2=O)C(=O)N1. The molecule has 23 heavy (non-hydrogen) atoms. The fraction of sp³-hybridized carbons (Fsp3) is 0.375. The summed E-state index contributed by atoms with van der Waals surface area (Å²) >= 11 is 0. The second-order valence-electron chi connectivity index (χ2n) is 6.04. The lowest BCUT2D eigenvalue weighted by Crippen LogP contribution is -2.45. The van der Waals surface area contributed by atoms with Crippen molar-refractivity contribution in [1.29, 1.82) is 0 Å². The van der Waals surface area contributed by atoms with E-state index in [1.807, 2.05) is 0 Å². The third-order valence-corrected chi connectivity index (χ3v) is 4.40. The fourth-order valence-corrected chi connectivity index (χ4v) is 3.07. The summed E-state index contributed by atoms with van der Waals surface area (Å²) in [5.41, 5.74) is 0.0285. The van der Waals surface area contributed by atoms with E-state index in [1.165, 1.54) is 6.07 Å². The van der Waals surface area contributed by atoms with Gasteiger partial charge in [0.25, 0.3) is 11.5 Å². The van der Waals surface area contributed by atoms with Gasteiger partial charge in [0.1, 0.15) is 11.9 Å². The molecular weight excluding hydrogens is 301 g/mol. The third-order valence-electron chi connectivity index (χ3n) is 4.40. The topological polar surface area (TPSA) is 81.1 Å². The molecule has 2 aromatic rings. The minimum Gasteiger partial charge on any atom is -0.295 e. The molecule has 7 heteroatoms. The fourth-order valence-electron chi connectivity index (χ4n) is 3.07. The summed E-state index contributed by atoms with van der Waals surface area (Å²) in [6.45, 7) is 0. The number of nitrogens with zero attached hydrogens (tertiary/aromatic N) is 2. The zero-order valence-corrected chi connectivity index (χ0v) is 12.2. The molecule has 4 rings (SSSR count). The largest absolute Gasteiger partial charge is 0.295 e. The molecule has 2 aliphatic rings. The first kappa shape index (κ1) is 14.0. The third kappa shape index (κ3) is 2.23. The van der Waals surface area contributed by atoms with E-state index in [-0.39, 0.29) is 30.1 Å². The summed E-state index contributed by atoms with van der Waals surface area (Å²) in [6, 6.07) is 3.60. The average molecular weight is 315 g/mol. The predicted molar refractivity (Wildman–Crippen MR) is 79.4 cm³/mol. The Hall–Kier alpha value is -2.57. The van der Waals surface area contributed by atoms with Gasteiger partial charge < -0.3 is 0 Å². The highest BCUT2D eigenvalue weighted by atomic mass is 19.1. The Bertz CT molecular complexity index is 901. The van der Waals surface area contributed by atoms with Crippen LogP contribution in [0.1, 0.15) is 43.3 Å². The molecule has 0 spiro atoms. The number of hydrogen-bond donors (Lipinski definition) is 1. The molecule has 1 saturated heterocycles. The molecule has 1 aromatic heterocycles. The van der Waals surface area contributed by atoms with Crippen molar-refractivity contribution in [1.82, 2.24) is 15.1 Å². The number of hydrogen-bond acceptors (Lipinski definition) is 4. The normalized spacial score (nSPS) is 21.5. The second kappa shape index (κ2) is 4.97. The molecule has 2 fully saturated rings. The van der Waals surface area contributed by atoms with Crippen LogP contribution < -0.4 is 10.9 Å². The number of rotatable bonds is 2. The van der Waals surface area contributed by atoms with E-state index in [9.17, 15) is 18.8 Å². The van der Waals surface area contributed by atoms with Gasteiger partial charge in [0.05, 0.1) is 11.1 Å². The molecule has 6 nitrogen and oxygen atoms in total. The van der Waals surface area contributed by atoms with Gasteiger partial charge >= 0.3 is 0 Å². The van der Waals surface area contributed by atoms with Crippen molar-refractivity contribution >= 4 is 22.6 Å².